The second-order valence-corrected chi connectivity index (χ2v) is 5.81. The molecule has 0 atom stereocenters. The van der Waals surface area contributed by atoms with E-state index in [1.54, 1.807) is 0 Å². The maximum atomic E-state index is 5.88. The zero-order valence-corrected chi connectivity index (χ0v) is 14.1. The molecule has 0 aliphatic rings. The molecular weight excluding hydrogens is 328 g/mol. The molecule has 0 saturated carbocycles. The number of hydrogen-bond donors (Lipinski definition) is 1. The molecule has 0 bridgehead atoms. The number of aromatic nitrogens is 1. The molecule has 0 spiro atoms. The first-order chi connectivity index (χ1) is 10.2. The van der Waals surface area contributed by atoms with Crippen LogP contribution >= 0.6 is 15.9 Å². The van der Waals surface area contributed by atoms with Gasteiger partial charge in [-0.15, -0.1) is 0 Å². The monoisotopic (exact) mass is 348 g/mol. The lowest BCUT2D eigenvalue weighted by molar-refractivity contribution is 0.459. The van der Waals surface area contributed by atoms with Crippen LogP contribution in [-0.2, 0) is 13.0 Å². The third kappa shape index (κ3) is 5.14. The molecule has 4 heteroatoms. The summed E-state index contributed by atoms with van der Waals surface area (Å²) in [6, 6.07) is 11.9. The predicted octanol–water partition coefficient (Wildman–Crippen LogP) is 4.70. The highest BCUT2D eigenvalue weighted by molar-refractivity contribution is 9.10. The third-order valence-electron chi connectivity index (χ3n) is 3.04. The van der Waals surface area contributed by atoms with Crippen LogP contribution in [0.15, 0.2) is 40.9 Å². The van der Waals surface area contributed by atoms with E-state index in [0.29, 0.717) is 5.88 Å². The van der Waals surface area contributed by atoms with Gasteiger partial charge in [-0.25, -0.2) is 4.98 Å². The van der Waals surface area contributed by atoms with Crippen LogP contribution in [0.25, 0.3) is 0 Å². The molecule has 3 nitrogen and oxygen atoms in total. The van der Waals surface area contributed by atoms with Gasteiger partial charge < -0.3 is 10.1 Å². The standard InChI is InChI=1S/C17H21BrN2O/c1-3-5-15-10-13(12-19-4-2)11-17(20-15)21-16-8-6-14(18)7-9-16/h6-11,19H,3-5,12H2,1-2H3. The summed E-state index contributed by atoms with van der Waals surface area (Å²) in [6.45, 7) is 6.06. The number of rotatable bonds is 7. The Morgan fingerprint density at radius 2 is 1.90 bits per heavy atom. The summed E-state index contributed by atoms with van der Waals surface area (Å²) >= 11 is 3.42. The van der Waals surface area contributed by atoms with Crippen LogP contribution < -0.4 is 10.1 Å². The van der Waals surface area contributed by atoms with E-state index in [1.807, 2.05) is 30.3 Å². The molecule has 112 valence electrons. The van der Waals surface area contributed by atoms with Crippen LogP contribution in [-0.4, -0.2) is 11.5 Å². The number of ether oxygens (including phenoxy) is 1. The largest absolute Gasteiger partial charge is 0.439 e. The predicted molar refractivity (Wildman–Crippen MR) is 89.8 cm³/mol. The van der Waals surface area contributed by atoms with E-state index in [0.717, 1.165) is 41.8 Å². The van der Waals surface area contributed by atoms with Gasteiger partial charge in [-0.3, -0.25) is 0 Å². The fourth-order valence-electron chi connectivity index (χ4n) is 2.05. The SMILES string of the molecule is CCCc1cc(CNCC)cc(Oc2ccc(Br)cc2)n1. The Labute approximate surface area is 134 Å². The summed E-state index contributed by atoms with van der Waals surface area (Å²) in [6.07, 6.45) is 2.05. The summed E-state index contributed by atoms with van der Waals surface area (Å²) in [5.41, 5.74) is 2.29. The van der Waals surface area contributed by atoms with Gasteiger partial charge in [0.15, 0.2) is 0 Å². The van der Waals surface area contributed by atoms with Gasteiger partial charge in [-0.05, 0) is 48.9 Å². The van der Waals surface area contributed by atoms with Crippen LogP contribution in [0.5, 0.6) is 11.6 Å². The number of nitrogens with zero attached hydrogens (tertiary/aromatic N) is 1. The summed E-state index contributed by atoms with van der Waals surface area (Å²) in [7, 11) is 0. The molecule has 0 amide bonds. The quantitative estimate of drug-likeness (QED) is 0.787. The van der Waals surface area contributed by atoms with Crippen molar-refractivity contribution in [1.29, 1.82) is 0 Å². The van der Waals surface area contributed by atoms with Crippen LogP contribution in [0.1, 0.15) is 31.5 Å². The van der Waals surface area contributed by atoms with Crippen molar-refractivity contribution < 1.29 is 4.74 Å². The minimum Gasteiger partial charge on any atom is -0.439 e. The smallest absolute Gasteiger partial charge is 0.219 e. The molecule has 0 aliphatic heterocycles. The molecule has 2 aromatic rings. The summed E-state index contributed by atoms with van der Waals surface area (Å²) in [4.78, 5) is 4.59. The first-order valence-electron chi connectivity index (χ1n) is 7.35. The third-order valence-corrected chi connectivity index (χ3v) is 3.56. The number of hydrogen-bond acceptors (Lipinski definition) is 3. The lowest BCUT2D eigenvalue weighted by Crippen LogP contribution is -2.12. The topological polar surface area (TPSA) is 34.1 Å². The van der Waals surface area contributed by atoms with Gasteiger partial charge in [-0.2, -0.15) is 0 Å². The Morgan fingerprint density at radius 1 is 1.14 bits per heavy atom. The molecule has 2 rings (SSSR count). The van der Waals surface area contributed by atoms with Crippen LogP contribution in [0.3, 0.4) is 0 Å². The molecule has 21 heavy (non-hydrogen) atoms. The van der Waals surface area contributed by atoms with E-state index in [4.69, 9.17) is 4.74 Å². The van der Waals surface area contributed by atoms with Gasteiger partial charge in [0, 0.05) is 22.8 Å². The molecule has 0 aliphatic carbocycles. The lowest BCUT2D eigenvalue weighted by atomic mass is 10.1. The van der Waals surface area contributed by atoms with Crippen LogP contribution in [0.4, 0.5) is 0 Å². The van der Waals surface area contributed by atoms with Gasteiger partial charge >= 0.3 is 0 Å². The van der Waals surface area contributed by atoms with Crippen molar-refractivity contribution in [3.63, 3.8) is 0 Å². The number of halogens is 1. The number of aryl methyl sites for hydroxylation is 1. The van der Waals surface area contributed by atoms with E-state index in [1.165, 1.54) is 5.56 Å². The Bertz CT molecular complexity index is 570. The highest BCUT2D eigenvalue weighted by Gasteiger charge is 2.05. The van der Waals surface area contributed by atoms with Gasteiger partial charge in [0.1, 0.15) is 5.75 Å². The molecule has 0 unspecified atom stereocenters. The van der Waals surface area contributed by atoms with Gasteiger partial charge in [-0.1, -0.05) is 36.2 Å². The first-order valence-corrected chi connectivity index (χ1v) is 8.14. The zero-order valence-electron chi connectivity index (χ0n) is 12.5. The zero-order chi connectivity index (χ0) is 15.1. The minimum atomic E-state index is 0.663. The fraction of sp³-hybridized carbons (Fsp3) is 0.353. The van der Waals surface area contributed by atoms with E-state index in [9.17, 15) is 0 Å². The Hall–Kier alpha value is -1.39. The number of pyridine rings is 1. The van der Waals surface area contributed by atoms with E-state index < -0.39 is 0 Å². The van der Waals surface area contributed by atoms with Crippen molar-refractivity contribution in [2.45, 2.75) is 33.2 Å². The molecule has 1 N–H and O–H groups in total. The van der Waals surface area contributed by atoms with Gasteiger partial charge in [0.25, 0.3) is 0 Å². The molecule has 1 aromatic carbocycles. The van der Waals surface area contributed by atoms with Crippen molar-refractivity contribution in [1.82, 2.24) is 10.3 Å². The summed E-state index contributed by atoms with van der Waals surface area (Å²) in [5.74, 6) is 1.46. The Morgan fingerprint density at radius 3 is 2.57 bits per heavy atom. The Kier molecular flexibility index (Phi) is 6.21. The minimum absolute atomic E-state index is 0.663. The van der Waals surface area contributed by atoms with Crippen molar-refractivity contribution >= 4 is 15.9 Å². The maximum Gasteiger partial charge on any atom is 0.219 e. The van der Waals surface area contributed by atoms with Crippen LogP contribution in [0, 0.1) is 0 Å². The average Bonchev–Trinajstić information content (AvgIpc) is 2.48. The average molecular weight is 349 g/mol. The first kappa shape index (κ1) is 16.0. The fourth-order valence-corrected chi connectivity index (χ4v) is 2.32. The summed E-state index contributed by atoms with van der Waals surface area (Å²) in [5, 5.41) is 3.34. The van der Waals surface area contributed by atoms with Crippen molar-refractivity contribution in [2.75, 3.05) is 6.54 Å². The van der Waals surface area contributed by atoms with E-state index in [2.05, 4.69) is 46.1 Å². The van der Waals surface area contributed by atoms with Gasteiger partial charge in [0.05, 0.1) is 0 Å². The second kappa shape index (κ2) is 8.15. The molecule has 0 saturated heterocycles. The van der Waals surface area contributed by atoms with Gasteiger partial charge in [0.2, 0.25) is 5.88 Å². The molecular formula is C17H21BrN2O. The van der Waals surface area contributed by atoms with Crippen molar-refractivity contribution in [2.24, 2.45) is 0 Å². The van der Waals surface area contributed by atoms with Crippen molar-refractivity contribution in [3.05, 3.63) is 52.1 Å². The molecule has 0 radical (unpaired) electrons. The second-order valence-electron chi connectivity index (χ2n) is 4.89. The highest BCUT2D eigenvalue weighted by atomic mass is 79.9. The molecule has 1 aromatic heterocycles. The summed E-state index contributed by atoms with van der Waals surface area (Å²) < 4.78 is 6.92. The highest BCUT2D eigenvalue weighted by Crippen LogP contribution is 2.23. The Balaban J connectivity index is 2.19. The van der Waals surface area contributed by atoms with E-state index in [-0.39, 0.29) is 0 Å². The maximum absolute atomic E-state index is 5.88. The normalized spacial score (nSPS) is 10.6. The molecule has 1 heterocycles. The van der Waals surface area contributed by atoms with Crippen molar-refractivity contribution in [3.8, 4) is 11.6 Å². The number of nitrogens with one attached hydrogen (secondary N) is 1. The molecule has 0 fully saturated rings. The van der Waals surface area contributed by atoms with E-state index >= 15 is 0 Å². The van der Waals surface area contributed by atoms with Crippen LogP contribution in [0.2, 0.25) is 0 Å². The lowest BCUT2D eigenvalue weighted by Gasteiger charge is -2.10. The number of benzene rings is 1.